The van der Waals surface area contributed by atoms with Gasteiger partial charge in [-0.2, -0.15) is 0 Å². The Kier molecular flexibility index (Phi) is 5.32. The fourth-order valence-electron chi connectivity index (χ4n) is 4.39. The molecular weight excluding hydrogens is 360 g/mol. The third-order valence-corrected chi connectivity index (χ3v) is 6.86. The van der Waals surface area contributed by atoms with Crippen LogP contribution in [0.5, 0.6) is 0 Å². The number of anilines is 1. The molecule has 0 amide bonds. The summed E-state index contributed by atoms with van der Waals surface area (Å²) in [5, 5.41) is 1.02. The van der Waals surface area contributed by atoms with E-state index >= 15 is 0 Å². The first-order valence-electron chi connectivity index (χ1n) is 10.0. The minimum absolute atomic E-state index is 0.254. The molecule has 0 N–H and O–H groups in total. The van der Waals surface area contributed by atoms with Gasteiger partial charge < -0.3 is 9.64 Å². The molecule has 4 rings (SSSR count). The Morgan fingerprint density at radius 1 is 1.19 bits per heavy atom. The second-order valence-corrected chi connectivity index (χ2v) is 8.54. The molecule has 0 radical (unpaired) electrons. The van der Waals surface area contributed by atoms with Crippen LogP contribution in [0.1, 0.15) is 53.7 Å². The van der Waals surface area contributed by atoms with E-state index in [0.717, 1.165) is 40.5 Å². The monoisotopic (exact) mass is 388 g/mol. The number of aromatic nitrogens is 2. The first-order chi connectivity index (χ1) is 13.1. The standard InChI is InChI=1S/C20H28N4O2S/c1-4-26-20(25)17-13(2)16-18(21-14(3)22-19(16)27-17)24-11-7-8-15(12-24)23-9-5-6-10-23/h15H,4-12H2,1-3H3. The SMILES string of the molecule is CCOC(=O)c1sc2nc(C)nc(N3CCCC(N4CCCC4)C3)c2c1C. The van der Waals surface area contributed by atoms with Gasteiger partial charge in [0.1, 0.15) is 21.3 Å². The molecule has 2 saturated heterocycles. The number of carbonyl (C=O) groups is 1. The van der Waals surface area contributed by atoms with Crippen LogP contribution in [0, 0.1) is 13.8 Å². The van der Waals surface area contributed by atoms with Gasteiger partial charge in [0.2, 0.25) is 0 Å². The van der Waals surface area contributed by atoms with Crippen LogP contribution in [0.15, 0.2) is 0 Å². The molecule has 4 heterocycles. The molecule has 2 aromatic rings. The zero-order valence-corrected chi connectivity index (χ0v) is 17.3. The Balaban J connectivity index is 1.71. The van der Waals surface area contributed by atoms with Gasteiger partial charge in [0.15, 0.2) is 0 Å². The topological polar surface area (TPSA) is 58.6 Å². The Bertz CT molecular complexity index is 844. The van der Waals surface area contributed by atoms with Gasteiger partial charge >= 0.3 is 5.97 Å². The summed E-state index contributed by atoms with van der Waals surface area (Å²) in [5.41, 5.74) is 0.951. The van der Waals surface area contributed by atoms with E-state index in [-0.39, 0.29) is 5.97 Å². The molecule has 0 spiro atoms. The van der Waals surface area contributed by atoms with Crippen molar-refractivity contribution in [2.24, 2.45) is 0 Å². The number of carbonyl (C=O) groups excluding carboxylic acids is 1. The number of likely N-dealkylation sites (tertiary alicyclic amines) is 1. The third kappa shape index (κ3) is 3.55. The quantitative estimate of drug-likeness (QED) is 0.747. The molecule has 2 fully saturated rings. The molecule has 7 heteroatoms. The number of hydrogen-bond donors (Lipinski definition) is 0. The lowest BCUT2D eigenvalue weighted by atomic mass is 10.0. The average Bonchev–Trinajstić information content (AvgIpc) is 3.30. The lowest BCUT2D eigenvalue weighted by Gasteiger charge is -2.38. The number of thiophene rings is 1. The van der Waals surface area contributed by atoms with Crippen LogP contribution >= 0.6 is 11.3 Å². The molecule has 2 aliphatic rings. The highest BCUT2D eigenvalue weighted by Crippen LogP contribution is 2.37. The normalized spacial score (nSPS) is 21.1. The van der Waals surface area contributed by atoms with Crippen LogP contribution in [0.4, 0.5) is 5.82 Å². The van der Waals surface area contributed by atoms with Gasteiger partial charge in [-0.15, -0.1) is 11.3 Å². The zero-order valence-electron chi connectivity index (χ0n) is 16.5. The molecule has 2 aliphatic heterocycles. The second kappa shape index (κ2) is 7.72. The number of nitrogens with zero attached hydrogens (tertiary/aromatic N) is 4. The lowest BCUT2D eigenvalue weighted by Crippen LogP contribution is -2.47. The highest BCUT2D eigenvalue weighted by atomic mass is 32.1. The predicted octanol–water partition coefficient (Wildman–Crippen LogP) is 3.55. The van der Waals surface area contributed by atoms with E-state index < -0.39 is 0 Å². The number of rotatable bonds is 4. The van der Waals surface area contributed by atoms with E-state index in [1.807, 2.05) is 20.8 Å². The first kappa shape index (κ1) is 18.6. The zero-order chi connectivity index (χ0) is 19.0. The van der Waals surface area contributed by atoms with Crippen molar-refractivity contribution in [2.45, 2.75) is 52.5 Å². The highest BCUT2D eigenvalue weighted by molar-refractivity contribution is 7.20. The van der Waals surface area contributed by atoms with Gasteiger partial charge in [-0.3, -0.25) is 4.90 Å². The fraction of sp³-hybridized carbons (Fsp3) is 0.650. The van der Waals surface area contributed by atoms with Crippen molar-refractivity contribution in [1.29, 1.82) is 0 Å². The molecule has 6 nitrogen and oxygen atoms in total. The number of fused-ring (bicyclic) bond motifs is 1. The van der Waals surface area contributed by atoms with Gasteiger partial charge in [0.05, 0.1) is 12.0 Å². The number of aryl methyl sites for hydroxylation is 2. The van der Waals surface area contributed by atoms with Crippen LogP contribution in [0.25, 0.3) is 10.2 Å². The van der Waals surface area contributed by atoms with Crippen LogP contribution in [-0.4, -0.2) is 59.7 Å². The molecule has 0 aromatic carbocycles. The minimum Gasteiger partial charge on any atom is -0.462 e. The van der Waals surface area contributed by atoms with Crippen LogP contribution in [-0.2, 0) is 4.74 Å². The molecule has 0 aliphatic carbocycles. The smallest absolute Gasteiger partial charge is 0.348 e. The van der Waals surface area contributed by atoms with Crippen molar-refractivity contribution in [3.8, 4) is 0 Å². The van der Waals surface area contributed by atoms with Crippen LogP contribution < -0.4 is 4.90 Å². The molecule has 146 valence electrons. The third-order valence-electron chi connectivity index (χ3n) is 5.70. The summed E-state index contributed by atoms with van der Waals surface area (Å²) in [6, 6.07) is 0.607. The number of ether oxygens (including phenoxy) is 1. The second-order valence-electron chi connectivity index (χ2n) is 7.54. The molecule has 0 bridgehead atoms. The first-order valence-corrected chi connectivity index (χ1v) is 10.8. The van der Waals surface area contributed by atoms with E-state index in [9.17, 15) is 4.79 Å². The maximum Gasteiger partial charge on any atom is 0.348 e. The van der Waals surface area contributed by atoms with Crippen molar-refractivity contribution >= 4 is 33.3 Å². The maximum absolute atomic E-state index is 12.4. The Morgan fingerprint density at radius 2 is 1.96 bits per heavy atom. The number of esters is 1. The summed E-state index contributed by atoms with van der Waals surface area (Å²) in [5.74, 6) is 1.50. The van der Waals surface area contributed by atoms with Crippen LogP contribution in [0.3, 0.4) is 0 Å². The lowest BCUT2D eigenvalue weighted by molar-refractivity contribution is 0.0531. The summed E-state index contributed by atoms with van der Waals surface area (Å²) >= 11 is 1.43. The fourth-order valence-corrected chi connectivity index (χ4v) is 5.51. The summed E-state index contributed by atoms with van der Waals surface area (Å²) in [6.45, 7) is 10.6. The van der Waals surface area contributed by atoms with Crippen LogP contribution in [0.2, 0.25) is 0 Å². The molecule has 1 unspecified atom stereocenters. The summed E-state index contributed by atoms with van der Waals surface area (Å²) in [4.78, 5) is 28.4. The van der Waals surface area contributed by atoms with Crippen molar-refractivity contribution in [3.63, 3.8) is 0 Å². The number of hydrogen-bond acceptors (Lipinski definition) is 7. The average molecular weight is 389 g/mol. The van der Waals surface area contributed by atoms with Gasteiger partial charge in [-0.25, -0.2) is 14.8 Å². The predicted molar refractivity (Wildman–Crippen MR) is 109 cm³/mol. The van der Waals surface area contributed by atoms with Crippen molar-refractivity contribution in [1.82, 2.24) is 14.9 Å². The number of piperidine rings is 1. The highest BCUT2D eigenvalue weighted by Gasteiger charge is 2.30. The van der Waals surface area contributed by atoms with Gasteiger partial charge in [0, 0.05) is 19.1 Å². The van der Waals surface area contributed by atoms with Crippen molar-refractivity contribution in [3.05, 3.63) is 16.3 Å². The molecule has 27 heavy (non-hydrogen) atoms. The molecular formula is C20H28N4O2S. The Labute approximate surface area is 164 Å². The van der Waals surface area contributed by atoms with E-state index in [4.69, 9.17) is 9.72 Å². The van der Waals surface area contributed by atoms with Crippen molar-refractivity contribution in [2.75, 3.05) is 37.7 Å². The molecule has 1 atom stereocenters. The maximum atomic E-state index is 12.4. The van der Waals surface area contributed by atoms with E-state index in [0.29, 0.717) is 17.5 Å². The van der Waals surface area contributed by atoms with E-state index in [1.54, 1.807) is 0 Å². The van der Waals surface area contributed by atoms with Gasteiger partial charge in [-0.1, -0.05) is 0 Å². The van der Waals surface area contributed by atoms with Gasteiger partial charge in [-0.05, 0) is 65.1 Å². The van der Waals surface area contributed by atoms with E-state index in [1.165, 1.54) is 50.1 Å². The van der Waals surface area contributed by atoms with Gasteiger partial charge in [0.25, 0.3) is 0 Å². The Morgan fingerprint density at radius 3 is 2.70 bits per heavy atom. The summed E-state index contributed by atoms with van der Waals surface area (Å²) in [6.07, 6.45) is 5.08. The largest absolute Gasteiger partial charge is 0.462 e. The molecule has 0 saturated carbocycles. The molecule has 2 aromatic heterocycles. The van der Waals surface area contributed by atoms with Crippen molar-refractivity contribution < 1.29 is 9.53 Å². The summed E-state index contributed by atoms with van der Waals surface area (Å²) < 4.78 is 5.24. The Hall–Kier alpha value is -1.73. The minimum atomic E-state index is -0.254. The van der Waals surface area contributed by atoms with E-state index in [2.05, 4.69) is 14.8 Å². The summed E-state index contributed by atoms with van der Waals surface area (Å²) in [7, 11) is 0.